The summed E-state index contributed by atoms with van der Waals surface area (Å²) in [6.07, 6.45) is 59.3. The Labute approximate surface area is 363 Å². The van der Waals surface area contributed by atoms with Crippen molar-refractivity contribution in [3.05, 3.63) is 85.1 Å². The zero-order valence-electron chi connectivity index (χ0n) is 38.4. The van der Waals surface area contributed by atoms with E-state index in [-0.39, 0.29) is 31.3 Å². The quantitative estimate of drug-likeness (QED) is 0.0324. The number of hydrogen-bond acceptors (Lipinski definition) is 5. The van der Waals surface area contributed by atoms with Gasteiger partial charge in [-0.05, 0) is 89.9 Å². The van der Waals surface area contributed by atoms with Crippen molar-refractivity contribution in [1.82, 2.24) is 5.32 Å². The van der Waals surface area contributed by atoms with Crippen molar-refractivity contribution in [2.45, 2.75) is 232 Å². The number of rotatable bonds is 42. The molecule has 6 nitrogen and oxygen atoms in total. The molecule has 0 aromatic heterocycles. The fourth-order valence-electron chi connectivity index (χ4n) is 6.80. The van der Waals surface area contributed by atoms with Crippen LogP contribution in [0.25, 0.3) is 0 Å². The van der Waals surface area contributed by atoms with Gasteiger partial charge in [-0.1, -0.05) is 196 Å². The Morgan fingerprint density at radius 2 is 0.915 bits per heavy atom. The maximum Gasteiger partial charge on any atom is 0.306 e. The molecule has 0 aromatic rings. The van der Waals surface area contributed by atoms with Crippen LogP contribution in [0.1, 0.15) is 213 Å². The number of amides is 1. The third kappa shape index (κ3) is 41.6. The van der Waals surface area contributed by atoms with Gasteiger partial charge in [-0.15, -0.1) is 0 Å². The molecule has 0 spiro atoms. The summed E-state index contributed by atoms with van der Waals surface area (Å²) < 4.78 is 5.87. The van der Waals surface area contributed by atoms with Gasteiger partial charge in [0.05, 0.1) is 25.2 Å². The Morgan fingerprint density at radius 1 is 0.508 bits per heavy atom. The highest BCUT2D eigenvalue weighted by molar-refractivity contribution is 5.77. The summed E-state index contributed by atoms with van der Waals surface area (Å²) in [6, 6.07) is -0.723. The highest BCUT2D eigenvalue weighted by atomic mass is 16.5. The van der Waals surface area contributed by atoms with Crippen LogP contribution in [0.5, 0.6) is 0 Å². The Kier molecular flexibility index (Phi) is 43.8. The number of aliphatic hydroxyl groups excluding tert-OH is 2. The van der Waals surface area contributed by atoms with Gasteiger partial charge in [0, 0.05) is 6.42 Å². The molecule has 0 aliphatic carbocycles. The summed E-state index contributed by atoms with van der Waals surface area (Å²) in [4.78, 5) is 26.0. The van der Waals surface area contributed by atoms with Crippen LogP contribution in [-0.4, -0.2) is 46.9 Å². The Bertz CT molecular complexity index is 1150. The maximum absolute atomic E-state index is 13.1. The number of allylic oxidation sites excluding steroid dienone is 14. The second kappa shape index (κ2) is 46.1. The molecule has 6 heteroatoms. The lowest BCUT2D eigenvalue weighted by Crippen LogP contribution is -2.46. The van der Waals surface area contributed by atoms with E-state index in [2.05, 4.69) is 105 Å². The first-order valence-corrected chi connectivity index (χ1v) is 24.3. The first kappa shape index (κ1) is 56.0. The molecule has 0 aliphatic heterocycles. The van der Waals surface area contributed by atoms with Gasteiger partial charge in [0.2, 0.25) is 5.91 Å². The van der Waals surface area contributed by atoms with Crippen LogP contribution in [0.15, 0.2) is 85.1 Å². The summed E-state index contributed by atoms with van der Waals surface area (Å²) in [5.74, 6) is -0.594. The highest BCUT2D eigenvalue weighted by Gasteiger charge is 2.24. The van der Waals surface area contributed by atoms with E-state index in [4.69, 9.17) is 4.74 Å². The highest BCUT2D eigenvalue weighted by Crippen LogP contribution is 2.16. The van der Waals surface area contributed by atoms with Gasteiger partial charge in [-0.25, -0.2) is 0 Å². The molecule has 59 heavy (non-hydrogen) atoms. The third-order valence-electron chi connectivity index (χ3n) is 10.5. The maximum atomic E-state index is 13.1. The standard InChI is InChI=1S/C53H91NO5/c1-4-7-10-13-16-19-21-23-25-27-29-31-34-37-40-43-46-53(58)59-49(44-41-38-35-33-30-28-26-24-22-20-17-14-11-8-5-2)47-52(57)54-50(48-55)51(56)45-42-39-36-32-18-15-12-9-6-3/h7,10,16-17,19-20,23-26,29,31,37,40,49-51,55-56H,4-6,8-9,11-15,18,21-22,27-28,30,32-36,38-39,41-48H2,1-3H3,(H,54,57)/b10-7+,19-16+,20-17-,25-23+,26-24-,31-29+,40-37+. The molecule has 0 rings (SSSR count). The molecule has 3 N–H and O–H groups in total. The molecule has 0 aliphatic rings. The Hall–Kier alpha value is -2.96. The number of ether oxygens (including phenoxy) is 1. The van der Waals surface area contributed by atoms with Crippen molar-refractivity contribution in [3.63, 3.8) is 0 Å². The first-order chi connectivity index (χ1) is 29.0. The molecule has 0 saturated heterocycles. The molecule has 0 fully saturated rings. The monoisotopic (exact) mass is 822 g/mol. The third-order valence-corrected chi connectivity index (χ3v) is 10.5. The van der Waals surface area contributed by atoms with E-state index in [1.54, 1.807) is 0 Å². The molecule has 1 amide bonds. The average Bonchev–Trinajstić information content (AvgIpc) is 3.23. The second-order valence-electron chi connectivity index (χ2n) is 16.1. The number of nitrogens with one attached hydrogen (secondary N) is 1. The first-order valence-electron chi connectivity index (χ1n) is 24.3. The topological polar surface area (TPSA) is 95.9 Å². The summed E-state index contributed by atoms with van der Waals surface area (Å²) in [5.41, 5.74) is 0. The number of hydrogen-bond donors (Lipinski definition) is 3. The van der Waals surface area contributed by atoms with Crippen LogP contribution in [0.2, 0.25) is 0 Å². The summed E-state index contributed by atoms with van der Waals surface area (Å²) >= 11 is 0. The van der Waals surface area contributed by atoms with Gasteiger partial charge in [0.1, 0.15) is 6.10 Å². The normalized spacial score (nSPS) is 14.1. The summed E-state index contributed by atoms with van der Waals surface area (Å²) in [7, 11) is 0. The van der Waals surface area contributed by atoms with Crippen molar-refractivity contribution in [2.24, 2.45) is 0 Å². The van der Waals surface area contributed by atoms with Gasteiger partial charge >= 0.3 is 5.97 Å². The molecule has 0 bridgehead atoms. The number of carbonyl (C=O) groups excluding carboxylic acids is 2. The van der Waals surface area contributed by atoms with Crippen molar-refractivity contribution >= 4 is 11.9 Å². The van der Waals surface area contributed by atoms with Crippen LogP contribution in [0.3, 0.4) is 0 Å². The van der Waals surface area contributed by atoms with Gasteiger partial charge in [-0.2, -0.15) is 0 Å². The number of esters is 1. The molecule has 0 heterocycles. The lowest BCUT2D eigenvalue weighted by Gasteiger charge is -2.24. The van der Waals surface area contributed by atoms with E-state index in [1.165, 1.54) is 64.2 Å². The molecule has 3 atom stereocenters. The van der Waals surface area contributed by atoms with Crippen molar-refractivity contribution in [2.75, 3.05) is 6.61 Å². The van der Waals surface area contributed by atoms with Crippen LogP contribution >= 0.6 is 0 Å². The Morgan fingerprint density at radius 3 is 1.42 bits per heavy atom. The smallest absolute Gasteiger partial charge is 0.306 e. The van der Waals surface area contributed by atoms with Crippen molar-refractivity contribution in [1.29, 1.82) is 0 Å². The number of carbonyl (C=O) groups is 2. The molecule has 3 unspecified atom stereocenters. The summed E-state index contributed by atoms with van der Waals surface area (Å²) in [6.45, 7) is 6.29. The molecule has 0 radical (unpaired) electrons. The lowest BCUT2D eigenvalue weighted by atomic mass is 10.0. The summed E-state index contributed by atoms with van der Waals surface area (Å²) in [5, 5.41) is 23.6. The zero-order valence-corrected chi connectivity index (χ0v) is 38.4. The SMILES string of the molecule is CC/C=C/C/C=C/C/C=C/C/C=C/C/C=C/CCC(=O)OC(CCCCCCC/C=C\C/C=C\CCCCC)CC(=O)NC(CO)C(O)CCCCCCCCCCC. The van der Waals surface area contributed by atoms with Gasteiger partial charge in [0.25, 0.3) is 0 Å². The predicted molar refractivity (Wildman–Crippen MR) is 254 cm³/mol. The molecular weight excluding hydrogens is 731 g/mol. The largest absolute Gasteiger partial charge is 0.462 e. The molecule has 338 valence electrons. The Balaban J connectivity index is 4.76. The fraction of sp³-hybridized carbons (Fsp3) is 0.698. The van der Waals surface area contributed by atoms with Gasteiger partial charge in [0.15, 0.2) is 0 Å². The number of unbranched alkanes of at least 4 members (excludes halogenated alkanes) is 16. The van der Waals surface area contributed by atoms with Crippen LogP contribution < -0.4 is 5.32 Å². The minimum Gasteiger partial charge on any atom is -0.462 e. The molecule has 0 saturated carbocycles. The fourth-order valence-corrected chi connectivity index (χ4v) is 6.80. The average molecular weight is 822 g/mol. The predicted octanol–water partition coefficient (Wildman–Crippen LogP) is 14.4. The van der Waals surface area contributed by atoms with E-state index in [0.717, 1.165) is 96.3 Å². The van der Waals surface area contributed by atoms with Gasteiger partial charge in [-0.3, -0.25) is 9.59 Å². The molecule has 0 aromatic carbocycles. The van der Waals surface area contributed by atoms with Crippen molar-refractivity contribution < 1.29 is 24.5 Å². The van der Waals surface area contributed by atoms with Crippen LogP contribution in [-0.2, 0) is 14.3 Å². The van der Waals surface area contributed by atoms with E-state index < -0.39 is 18.2 Å². The molecular formula is C53H91NO5. The lowest BCUT2D eigenvalue weighted by molar-refractivity contribution is -0.150. The van der Waals surface area contributed by atoms with Crippen LogP contribution in [0, 0.1) is 0 Å². The van der Waals surface area contributed by atoms with E-state index in [1.807, 2.05) is 6.08 Å². The second-order valence-corrected chi connectivity index (χ2v) is 16.1. The van der Waals surface area contributed by atoms with Crippen LogP contribution in [0.4, 0.5) is 0 Å². The van der Waals surface area contributed by atoms with Crippen molar-refractivity contribution in [3.8, 4) is 0 Å². The van der Waals surface area contributed by atoms with Gasteiger partial charge < -0.3 is 20.3 Å². The number of aliphatic hydroxyl groups is 2. The van der Waals surface area contributed by atoms with E-state index in [9.17, 15) is 19.8 Å². The zero-order chi connectivity index (χ0) is 43.1. The minimum atomic E-state index is -0.806. The van der Waals surface area contributed by atoms with E-state index in [0.29, 0.717) is 19.3 Å². The minimum absolute atomic E-state index is 0.0342. The van der Waals surface area contributed by atoms with E-state index >= 15 is 0 Å².